The van der Waals surface area contributed by atoms with Gasteiger partial charge in [0.05, 0.1) is 4.92 Å². The van der Waals surface area contributed by atoms with Gasteiger partial charge in [0.15, 0.2) is 4.64 Å². The van der Waals surface area contributed by atoms with E-state index in [2.05, 4.69) is 0 Å². The van der Waals surface area contributed by atoms with Gasteiger partial charge in [-0.05, 0) is 30.3 Å². The zero-order chi connectivity index (χ0) is 15.6. The summed E-state index contributed by atoms with van der Waals surface area (Å²) < 4.78 is 22.2. The van der Waals surface area contributed by atoms with Gasteiger partial charge in [-0.15, -0.1) is 0 Å². The number of hydrogen-bond donors (Lipinski definition) is 0. The standard InChI is InChI=1S/C13H11N2O5S/c1-9-4-5-10(8-12(9)15(17)18)7-11-3-2-6-14(16)13(11)21(19)20/h2-6,8H,7H2,1H3/q-1. The van der Waals surface area contributed by atoms with E-state index in [1.807, 2.05) is 0 Å². The van der Waals surface area contributed by atoms with Gasteiger partial charge in [-0.3, -0.25) is 10.1 Å². The summed E-state index contributed by atoms with van der Waals surface area (Å²) in [5.41, 5.74) is 1.33. The molecule has 0 amide bonds. The van der Waals surface area contributed by atoms with Crippen LogP contribution in [0.15, 0.2) is 36.5 Å². The Balaban J connectivity index is 2.55. The maximum Gasteiger partial charge on any atom is 0.272 e. The lowest BCUT2D eigenvalue weighted by atomic mass is 10.0. The molecule has 7 nitrogen and oxygen atoms in total. The van der Waals surface area contributed by atoms with E-state index in [1.54, 1.807) is 19.1 Å². The lowest BCUT2D eigenvalue weighted by molar-refractivity contribution is -0.385. The third-order valence-corrected chi connectivity index (χ3v) is 3.77. The van der Waals surface area contributed by atoms with Crippen molar-refractivity contribution in [3.8, 4) is 0 Å². The normalized spacial score (nSPS) is 10.3. The molecule has 0 aliphatic heterocycles. The molecule has 0 aliphatic carbocycles. The van der Waals surface area contributed by atoms with Crippen LogP contribution < -0.4 is 0 Å². The minimum Gasteiger partial charge on any atom is -0.805 e. The maximum atomic E-state index is 11.5. The Bertz CT molecular complexity index is 876. The molecule has 0 N–H and O–H groups in total. The summed E-state index contributed by atoms with van der Waals surface area (Å²) in [5, 5.41) is 22.4. The second kappa shape index (κ2) is 5.80. The Hall–Kier alpha value is -2.61. The van der Waals surface area contributed by atoms with Gasteiger partial charge < -0.3 is 9.94 Å². The number of rotatable bonds is 3. The first-order chi connectivity index (χ1) is 9.90. The molecule has 0 saturated heterocycles. The van der Waals surface area contributed by atoms with E-state index in [0.717, 1.165) is 6.20 Å². The Labute approximate surface area is 121 Å². The van der Waals surface area contributed by atoms with Crippen molar-refractivity contribution in [1.82, 2.24) is 4.73 Å². The first-order valence-corrected chi connectivity index (χ1v) is 7.02. The van der Waals surface area contributed by atoms with E-state index in [1.165, 1.54) is 18.2 Å². The lowest BCUT2D eigenvalue weighted by Crippen LogP contribution is -2.00. The van der Waals surface area contributed by atoms with Crippen molar-refractivity contribution >= 4 is 16.0 Å². The van der Waals surface area contributed by atoms with E-state index >= 15 is 0 Å². The van der Waals surface area contributed by atoms with Crippen LogP contribution in [0.25, 0.3) is 0 Å². The summed E-state index contributed by atoms with van der Waals surface area (Å²) in [6, 6.07) is 7.58. The zero-order valence-corrected chi connectivity index (χ0v) is 11.8. The first kappa shape index (κ1) is 14.8. The van der Waals surface area contributed by atoms with Gasteiger partial charge in [0.25, 0.3) is 5.69 Å². The summed E-state index contributed by atoms with van der Waals surface area (Å²) in [4.78, 5) is 10.4. The summed E-state index contributed by atoms with van der Waals surface area (Å²) in [7, 11) is -2.68. The molecule has 0 saturated carbocycles. The largest absolute Gasteiger partial charge is 0.805 e. The molecule has 0 atom stereocenters. The monoisotopic (exact) mass is 307 g/mol. The predicted molar refractivity (Wildman–Crippen MR) is 76.0 cm³/mol. The number of nitro benzene ring substituents is 1. The topological polar surface area (TPSA) is 105 Å². The zero-order valence-electron chi connectivity index (χ0n) is 11.0. The SMILES string of the molecule is Cc1ccc(Cc2cccn([O-])c2=S(=O)=O)cc1[N+](=O)[O-]. The quantitative estimate of drug-likeness (QED) is 0.490. The van der Waals surface area contributed by atoms with Crippen molar-refractivity contribution in [2.75, 3.05) is 0 Å². The summed E-state index contributed by atoms with van der Waals surface area (Å²) in [6.07, 6.45) is 1.21. The van der Waals surface area contributed by atoms with E-state index in [4.69, 9.17) is 0 Å². The molecule has 0 fully saturated rings. The van der Waals surface area contributed by atoms with Gasteiger partial charge in [-0.25, -0.2) is 0 Å². The van der Waals surface area contributed by atoms with Crippen LogP contribution in [0, 0.1) is 26.9 Å². The van der Waals surface area contributed by atoms with Crippen LogP contribution in [0.2, 0.25) is 0 Å². The Kier molecular flexibility index (Phi) is 4.08. The first-order valence-electron chi connectivity index (χ1n) is 5.94. The highest BCUT2D eigenvalue weighted by molar-refractivity contribution is 7.63. The van der Waals surface area contributed by atoms with E-state index in [0.29, 0.717) is 16.7 Å². The summed E-state index contributed by atoms with van der Waals surface area (Å²) >= 11 is 0. The van der Waals surface area contributed by atoms with Crippen LogP contribution in [0.4, 0.5) is 5.69 Å². The molecule has 110 valence electrons. The van der Waals surface area contributed by atoms with Crippen LogP contribution in [0.5, 0.6) is 0 Å². The fraction of sp³-hybridized carbons (Fsp3) is 0.154. The number of nitrogens with zero attached hydrogens (tertiary/aromatic N) is 2. The molecule has 1 heterocycles. The molecule has 1 aromatic carbocycles. The molecule has 1 aromatic heterocycles. The average Bonchev–Trinajstić information content (AvgIpc) is 2.40. The van der Waals surface area contributed by atoms with Gasteiger partial charge in [0.2, 0.25) is 10.3 Å². The van der Waals surface area contributed by atoms with Crippen molar-refractivity contribution in [2.45, 2.75) is 13.3 Å². The summed E-state index contributed by atoms with van der Waals surface area (Å²) in [5.74, 6) is 0. The molecular formula is C13H11N2O5S-. The van der Waals surface area contributed by atoms with Crippen LogP contribution in [0.1, 0.15) is 16.7 Å². The Morgan fingerprint density at radius 3 is 2.62 bits per heavy atom. The fourth-order valence-corrected chi connectivity index (χ4v) is 2.58. The van der Waals surface area contributed by atoms with Crippen molar-refractivity contribution in [3.05, 3.63) is 73.2 Å². The minimum absolute atomic E-state index is 0.0387. The number of benzene rings is 1. The lowest BCUT2D eigenvalue weighted by Gasteiger charge is -2.12. The second-order valence-corrected chi connectivity index (χ2v) is 5.31. The number of nitro groups is 1. The van der Waals surface area contributed by atoms with Gasteiger partial charge in [-0.2, -0.15) is 8.42 Å². The van der Waals surface area contributed by atoms with Crippen LogP contribution in [0.3, 0.4) is 0 Å². The van der Waals surface area contributed by atoms with Crippen LogP contribution in [-0.2, 0) is 16.7 Å². The molecule has 0 radical (unpaired) electrons. The Morgan fingerprint density at radius 2 is 2.00 bits per heavy atom. The van der Waals surface area contributed by atoms with Crippen LogP contribution in [-0.4, -0.2) is 18.1 Å². The maximum absolute atomic E-state index is 11.5. The second-order valence-electron chi connectivity index (χ2n) is 4.45. The smallest absolute Gasteiger partial charge is 0.272 e. The number of hydrogen-bond acceptors (Lipinski definition) is 5. The molecule has 0 bridgehead atoms. The highest BCUT2D eigenvalue weighted by Gasteiger charge is 2.11. The highest BCUT2D eigenvalue weighted by atomic mass is 32.2. The van der Waals surface area contributed by atoms with Gasteiger partial charge in [0, 0.05) is 18.1 Å². The molecular weight excluding hydrogens is 296 g/mol. The third kappa shape index (κ3) is 3.11. The minimum atomic E-state index is -2.68. The van der Waals surface area contributed by atoms with Crippen molar-refractivity contribution < 1.29 is 13.3 Å². The van der Waals surface area contributed by atoms with Crippen molar-refractivity contribution in [3.63, 3.8) is 0 Å². The highest BCUT2D eigenvalue weighted by Crippen LogP contribution is 2.21. The molecule has 0 aliphatic rings. The molecule has 2 rings (SSSR count). The van der Waals surface area contributed by atoms with Crippen molar-refractivity contribution in [2.24, 2.45) is 0 Å². The predicted octanol–water partition coefficient (Wildman–Crippen LogP) is 2.05. The molecule has 0 spiro atoms. The van der Waals surface area contributed by atoms with E-state index in [9.17, 15) is 23.7 Å². The van der Waals surface area contributed by atoms with Crippen LogP contribution >= 0.6 is 0 Å². The molecule has 21 heavy (non-hydrogen) atoms. The van der Waals surface area contributed by atoms with Crippen molar-refractivity contribution in [1.29, 1.82) is 0 Å². The van der Waals surface area contributed by atoms with Gasteiger partial charge in [-0.1, -0.05) is 18.2 Å². The van der Waals surface area contributed by atoms with Gasteiger partial charge >= 0.3 is 0 Å². The molecule has 8 heteroatoms. The molecule has 0 unspecified atom stereocenters. The fourth-order valence-electron chi connectivity index (χ4n) is 2.01. The summed E-state index contributed by atoms with van der Waals surface area (Å²) in [6.45, 7) is 1.62. The molecule has 2 aromatic rings. The Morgan fingerprint density at radius 1 is 1.29 bits per heavy atom. The number of pyridine rings is 1. The number of aryl methyl sites for hydroxylation is 1. The number of aromatic nitrogens is 1. The third-order valence-electron chi connectivity index (χ3n) is 3.02. The van der Waals surface area contributed by atoms with E-state index < -0.39 is 15.2 Å². The van der Waals surface area contributed by atoms with Gasteiger partial charge in [0.1, 0.15) is 0 Å². The average molecular weight is 307 g/mol. The van der Waals surface area contributed by atoms with E-state index in [-0.39, 0.29) is 21.5 Å².